The fourth-order valence-corrected chi connectivity index (χ4v) is 1.42. The molecule has 16 heavy (non-hydrogen) atoms. The number of nitrogens with one attached hydrogen (secondary N) is 1. The van der Waals surface area contributed by atoms with E-state index in [-0.39, 0.29) is 23.4 Å². The standard InChI is InChI=1S/C11H14ClFN2O/c1-7(14)4-11(16)15-6-8-2-3-10(13)9(12)5-8/h2-3,5,7H,4,6,14H2,1H3,(H,15,16). The second-order valence-corrected chi connectivity index (χ2v) is 4.11. The number of halogens is 2. The van der Waals surface area contributed by atoms with Crippen molar-refractivity contribution in [2.45, 2.75) is 25.9 Å². The second-order valence-electron chi connectivity index (χ2n) is 3.71. The third kappa shape index (κ3) is 4.16. The van der Waals surface area contributed by atoms with Crippen LogP contribution in [0.15, 0.2) is 18.2 Å². The van der Waals surface area contributed by atoms with Crippen LogP contribution in [0.3, 0.4) is 0 Å². The van der Waals surface area contributed by atoms with E-state index in [4.69, 9.17) is 17.3 Å². The molecule has 1 amide bonds. The first kappa shape index (κ1) is 12.9. The Kier molecular flexibility index (Phi) is 4.71. The Morgan fingerprint density at radius 2 is 2.31 bits per heavy atom. The lowest BCUT2D eigenvalue weighted by atomic mass is 10.2. The van der Waals surface area contributed by atoms with Gasteiger partial charge in [0.25, 0.3) is 0 Å². The molecule has 0 heterocycles. The van der Waals surface area contributed by atoms with Gasteiger partial charge >= 0.3 is 0 Å². The van der Waals surface area contributed by atoms with E-state index in [1.54, 1.807) is 13.0 Å². The van der Waals surface area contributed by atoms with E-state index in [1.165, 1.54) is 12.1 Å². The summed E-state index contributed by atoms with van der Waals surface area (Å²) in [6.45, 7) is 2.08. The predicted molar refractivity (Wildman–Crippen MR) is 61.5 cm³/mol. The highest BCUT2D eigenvalue weighted by molar-refractivity contribution is 6.30. The monoisotopic (exact) mass is 244 g/mol. The van der Waals surface area contributed by atoms with Gasteiger partial charge in [-0.1, -0.05) is 17.7 Å². The van der Waals surface area contributed by atoms with E-state index < -0.39 is 5.82 Å². The van der Waals surface area contributed by atoms with Crippen LogP contribution in [0.25, 0.3) is 0 Å². The van der Waals surface area contributed by atoms with Crippen molar-refractivity contribution < 1.29 is 9.18 Å². The minimum Gasteiger partial charge on any atom is -0.352 e. The molecule has 0 aliphatic carbocycles. The summed E-state index contributed by atoms with van der Waals surface area (Å²) in [5.74, 6) is -0.595. The van der Waals surface area contributed by atoms with Gasteiger partial charge in [0.1, 0.15) is 5.82 Å². The molecule has 5 heteroatoms. The zero-order chi connectivity index (χ0) is 12.1. The van der Waals surface area contributed by atoms with Gasteiger partial charge in [0.05, 0.1) is 5.02 Å². The van der Waals surface area contributed by atoms with Crippen LogP contribution in [0.1, 0.15) is 18.9 Å². The lowest BCUT2D eigenvalue weighted by Gasteiger charge is -2.07. The van der Waals surface area contributed by atoms with Crippen molar-refractivity contribution in [3.8, 4) is 0 Å². The normalized spacial score (nSPS) is 12.2. The molecule has 0 aromatic heterocycles. The first-order valence-electron chi connectivity index (χ1n) is 4.95. The highest BCUT2D eigenvalue weighted by Gasteiger charge is 2.05. The maximum Gasteiger partial charge on any atom is 0.221 e. The van der Waals surface area contributed by atoms with Crippen LogP contribution in [0.4, 0.5) is 4.39 Å². The topological polar surface area (TPSA) is 55.1 Å². The van der Waals surface area contributed by atoms with Crippen LogP contribution in [0.2, 0.25) is 5.02 Å². The summed E-state index contributed by atoms with van der Waals surface area (Å²) in [7, 11) is 0. The fourth-order valence-electron chi connectivity index (χ4n) is 1.21. The van der Waals surface area contributed by atoms with Gasteiger partial charge in [-0.3, -0.25) is 4.79 Å². The van der Waals surface area contributed by atoms with Gasteiger partial charge in [-0.15, -0.1) is 0 Å². The average molecular weight is 245 g/mol. The number of hydrogen-bond donors (Lipinski definition) is 2. The summed E-state index contributed by atoms with van der Waals surface area (Å²) >= 11 is 5.61. The Morgan fingerprint density at radius 1 is 1.62 bits per heavy atom. The molecule has 1 aromatic rings. The SMILES string of the molecule is CC(N)CC(=O)NCc1ccc(F)c(Cl)c1. The predicted octanol–water partition coefficient (Wildman–Crippen LogP) is 1.83. The van der Waals surface area contributed by atoms with Crippen molar-refractivity contribution in [2.24, 2.45) is 5.73 Å². The van der Waals surface area contributed by atoms with Gasteiger partial charge in [0, 0.05) is 19.0 Å². The van der Waals surface area contributed by atoms with Crippen LogP contribution in [0, 0.1) is 5.82 Å². The van der Waals surface area contributed by atoms with E-state index in [2.05, 4.69) is 5.32 Å². The molecule has 1 atom stereocenters. The smallest absolute Gasteiger partial charge is 0.221 e. The Morgan fingerprint density at radius 3 is 2.88 bits per heavy atom. The average Bonchev–Trinajstić information content (AvgIpc) is 2.19. The maximum absolute atomic E-state index is 12.8. The van der Waals surface area contributed by atoms with Crippen LogP contribution >= 0.6 is 11.6 Å². The highest BCUT2D eigenvalue weighted by Crippen LogP contribution is 2.15. The van der Waals surface area contributed by atoms with E-state index in [1.807, 2.05) is 0 Å². The van der Waals surface area contributed by atoms with Crippen molar-refractivity contribution in [3.05, 3.63) is 34.6 Å². The van der Waals surface area contributed by atoms with E-state index in [0.29, 0.717) is 6.54 Å². The van der Waals surface area contributed by atoms with E-state index in [0.717, 1.165) is 5.56 Å². The molecule has 3 nitrogen and oxygen atoms in total. The minimum absolute atomic E-state index is 0.0546. The van der Waals surface area contributed by atoms with Crippen molar-refractivity contribution in [2.75, 3.05) is 0 Å². The molecule has 3 N–H and O–H groups in total. The van der Waals surface area contributed by atoms with Gasteiger partial charge in [0.2, 0.25) is 5.91 Å². The number of rotatable bonds is 4. The molecular weight excluding hydrogens is 231 g/mol. The molecule has 0 aliphatic rings. The lowest BCUT2D eigenvalue weighted by molar-refractivity contribution is -0.121. The van der Waals surface area contributed by atoms with Crippen LogP contribution in [-0.2, 0) is 11.3 Å². The first-order chi connectivity index (χ1) is 7.49. The molecule has 0 aliphatic heterocycles. The first-order valence-corrected chi connectivity index (χ1v) is 5.33. The summed E-state index contributed by atoms with van der Waals surface area (Å²) in [6, 6.07) is 4.17. The third-order valence-corrected chi connectivity index (χ3v) is 2.27. The molecule has 0 radical (unpaired) electrons. The molecule has 1 aromatic carbocycles. The molecule has 0 fully saturated rings. The van der Waals surface area contributed by atoms with E-state index in [9.17, 15) is 9.18 Å². The summed E-state index contributed by atoms with van der Waals surface area (Å²) in [5, 5.41) is 2.73. The molecular formula is C11H14ClFN2O. The van der Waals surface area contributed by atoms with Crippen molar-refractivity contribution in [1.29, 1.82) is 0 Å². The molecule has 1 rings (SSSR count). The van der Waals surface area contributed by atoms with Gasteiger partial charge in [-0.05, 0) is 24.6 Å². The number of benzene rings is 1. The Hall–Kier alpha value is -1.13. The Bertz CT molecular complexity index is 382. The van der Waals surface area contributed by atoms with Gasteiger partial charge < -0.3 is 11.1 Å². The Labute approximate surface area is 98.8 Å². The highest BCUT2D eigenvalue weighted by atomic mass is 35.5. The third-order valence-electron chi connectivity index (χ3n) is 1.98. The number of hydrogen-bond acceptors (Lipinski definition) is 2. The van der Waals surface area contributed by atoms with Crippen LogP contribution < -0.4 is 11.1 Å². The van der Waals surface area contributed by atoms with Gasteiger partial charge in [-0.25, -0.2) is 4.39 Å². The van der Waals surface area contributed by atoms with Gasteiger partial charge in [-0.2, -0.15) is 0 Å². The zero-order valence-corrected chi connectivity index (χ0v) is 9.72. The zero-order valence-electron chi connectivity index (χ0n) is 8.97. The number of carbonyl (C=O) groups is 1. The number of amides is 1. The summed E-state index contributed by atoms with van der Waals surface area (Å²) in [4.78, 5) is 11.3. The maximum atomic E-state index is 12.8. The van der Waals surface area contributed by atoms with Crippen molar-refractivity contribution in [3.63, 3.8) is 0 Å². The van der Waals surface area contributed by atoms with Crippen LogP contribution in [-0.4, -0.2) is 11.9 Å². The number of nitrogens with two attached hydrogens (primary N) is 1. The summed E-state index contributed by atoms with van der Waals surface area (Å²) in [5.41, 5.74) is 6.23. The van der Waals surface area contributed by atoms with E-state index >= 15 is 0 Å². The van der Waals surface area contributed by atoms with Crippen molar-refractivity contribution >= 4 is 17.5 Å². The fraction of sp³-hybridized carbons (Fsp3) is 0.364. The summed E-state index contributed by atoms with van der Waals surface area (Å²) in [6.07, 6.45) is 0.273. The lowest BCUT2D eigenvalue weighted by Crippen LogP contribution is -2.29. The largest absolute Gasteiger partial charge is 0.352 e. The molecule has 0 saturated heterocycles. The van der Waals surface area contributed by atoms with Crippen molar-refractivity contribution in [1.82, 2.24) is 5.32 Å². The molecule has 1 unspecified atom stereocenters. The minimum atomic E-state index is -0.465. The quantitative estimate of drug-likeness (QED) is 0.849. The molecule has 0 bridgehead atoms. The summed E-state index contributed by atoms with van der Waals surface area (Å²) < 4.78 is 12.8. The molecule has 0 saturated carbocycles. The van der Waals surface area contributed by atoms with Gasteiger partial charge in [0.15, 0.2) is 0 Å². The molecule has 0 spiro atoms. The second kappa shape index (κ2) is 5.82. The Balaban J connectivity index is 2.48. The van der Waals surface area contributed by atoms with Crippen LogP contribution in [0.5, 0.6) is 0 Å². The molecule has 88 valence electrons. The number of carbonyl (C=O) groups excluding carboxylic acids is 1.